The van der Waals surface area contributed by atoms with Crippen molar-refractivity contribution < 1.29 is 0 Å². The summed E-state index contributed by atoms with van der Waals surface area (Å²) >= 11 is 0. The molecule has 0 aliphatic rings. The molecule has 0 bridgehead atoms. The normalized spacial score (nSPS) is 10.1. The maximum Gasteiger partial charge on any atom is 0.173 e. The Bertz CT molecular complexity index is 465. The van der Waals surface area contributed by atoms with Gasteiger partial charge in [0.2, 0.25) is 0 Å². The summed E-state index contributed by atoms with van der Waals surface area (Å²) in [6, 6.07) is 8.17. The van der Waals surface area contributed by atoms with Crippen molar-refractivity contribution in [2.75, 3.05) is 11.1 Å². The smallest absolute Gasteiger partial charge is 0.173 e. The molecule has 0 aliphatic heterocycles. The lowest BCUT2D eigenvalue weighted by Gasteiger charge is -2.07. The minimum atomic E-state index is 0.405. The maximum atomic E-state index is 5.69. The number of hydrogen-bond donors (Lipinski definition) is 2. The molecule has 3 N–H and O–H groups in total. The third-order valence-corrected chi connectivity index (χ3v) is 2.35. The van der Waals surface area contributed by atoms with Gasteiger partial charge in [0.05, 0.1) is 0 Å². The van der Waals surface area contributed by atoms with Crippen LogP contribution in [-0.2, 0) is 6.42 Å². The molecule has 82 valence electrons. The van der Waals surface area contributed by atoms with Crippen molar-refractivity contribution in [2.45, 2.75) is 13.3 Å². The molecular formula is C12H14N4. The molecule has 0 spiro atoms. The van der Waals surface area contributed by atoms with E-state index in [2.05, 4.69) is 34.3 Å². The van der Waals surface area contributed by atoms with Crippen LogP contribution in [0.25, 0.3) is 0 Å². The number of benzene rings is 1. The molecule has 1 aromatic carbocycles. The topological polar surface area (TPSA) is 63.8 Å². The highest BCUT2D eigenvalue weighted by molar-refractivity contribution is 5.65. The van der Waals surface area contributed by atoms with E-state index in [-0.39, 0.29) is 0 Å². The highest BCUT2D eigenvalue weighted by atomic mass is 15.0. The van der Waals surface area contributed by atoms with Crippen molar-refractivity contribution in [3.05, 3.63) is 42.2 Å². The molecule has 1 aromatic heterocycles. The van der Waals surface area contributed by atoms with Crippen molar-refractivity contribution in [1.29, 1.82) is 0 Å². The largest absolute Gasteiger partial charge is 0.381 e. The molecule has 0 saturated heterocycles. The molecule has 0 radical (unpaired) electrons. The zero-order chi connectivity index (χ0) is 11.4. The average molecular weight is 214 g/mol. The monoisotopic (exact) mass is 214 g/mol. The molecule has 4 nitrogen and oxygen atoms in total. The van der Waals surface area contributed by atoms with Crippen LogP contribution in [0, 0.1) is 0 Å². The van der Waals surface area contributed by atoms with Crippen LogP contribution in [0.15, 0.2) is 36.7 Å². The molecule has 0 atom stereocenters. The Hall–Kier alpha value is -2.10. The standard InChI is InChI=1S/C12H14N4/c1-2-9-3-5-10(6-4-9)16-12-11(13)14-7-8-15-12/h3-8H,2H2,1H3,(H2,13,14)(H,15,16). The third-order valence-electron chi connectivity index (χ3n) is 2.35. The first-order chi connectivity index (χ1) is 7.79. The van der Waals surface area contributed by atoms with Gasteiger partial charge in [-0.25, -0.2) is 9.97 Å². The number of nitrogen functional groups attached to an aromatic ring is 1. The fraction of sp³-hybridized carbons (Fsp3) is 0.167. The summed E-state index contributed by atoms with van der Waals surface area (Å²) in [7, 11) is 0. The number of aryl methyl sites for hydroxylation is 1. The number of anilines is 3. The third kappa shape index (κ3) is 2.28. The molecular weight excluding hydrogens is 200 g/mol. The second kappa shape index (κ2) is 4.61. The van der Waals surface area contributed by atoms with E-state index in [1.54, 1.807) is 12.4 Å². The second-order valence-electron chi connectivity index (χ2n) is 3.47. The highest BCUT2D eigenvalue weighted by Crippen LogP contribution is 2.18. The summed E-state index contributed by atoms with van der Waals surface area (Å²) in [6.45, 7) is 2.13. The van der Waals surface area contributed by atoms with Gasteiger partial charge in [-0.15, -0.1) is 0 Å². The van der Waals surface area contributed by atoms with Crippen LogP contribution in [-0.4, -0.2) is 9.97 Å². The SMILES string of the molecule is CCc1ccc(Nc2nccnc2N)cc1. The van der Waals surface area contributed by atoms with E-state index in [4.69, 9.17) is 5.73 Å². The van der Waals surface area contributed by atoms with Crippen molar-refractivity contribution in [2.24, 2.45) is 0 Å². The number of rotatable bonds is 3. The molecule has 0 fully saturated rings. The van der Waals surface area contributed by atoms with Crippen LogP contribution < -0.4 is 11.1 Å². The molecule has 0 saturated carbocycles. The zero-order valence-corrected chi connectivity index (χ0v) is 9.14. The van der Waals surface area contributed by atoms with E-state index in [1.165, 1.54) is 5.56 Å². The van der Waals surface area contributed by atoms with Gasteiger partial charge in [-0.2, -0.15) is 0 Å². The van der Waals surface area contributed by atoms with Gasteiger partial charge in [-0.05, 0) is 24.1 Å². The van der Waals surface area contributed by atoms with Crippen molar-refractivity contribution >= 4 is 17.3 Å². The van der Waals surface area contributed by atoms with Crippen LogP contribution in [0.1, 0.15) is 12.5 Å². The van der Waals surface area contributed by atoms with Crippen LogP contribution in [0.3, 0.4) is 0 Å². The van der Waals surface area contributed by atoms with Gasteiger partial charge in [0.15, 0.2) is 11.6 Å². The van der Waals surface area contributed by atoms with Crippen LogP contribution in [0.2, 0.25) is 0 Å². The number of nitrogens with zero attached hydrogens (tertiary/aromatic N) is 2. The van der Waals surface area contributed by atoms with E-state index in [1.807, 2.05) is 12.1 Å². The summed E-state index contributed by atoms with van der Waals surface area (Å²) in [6.07, 6.45) is 4.22. The molecule has 16 heavy (non-hydrogen) atoms. The lowest BCUT2D eigenvalue weighted by Crippen LogP contribution is -2.00. The van der Waals surface area contributed by atoms with E-state index in [9.17, 15) is 0 Å². The maximum absolute atomic E-state index is 5.69. The Morgan fingerprint density at radius 1 is 1.12 bits per heavy atom. The summed E-state index contributed by atoms with van der Waals surface area (Å²) in [5.74, 6) is 0.994. The zero-order valence-electron chi connectivity index (χ0n) is 9.14. The molecule has 4 heteroatoms. The lowest BCUT2D eigenvalue weighted by atomic mass is 10.1. The van der Waals surface area contributed by atoms with E-state index >= 15 is 0 Å². The van der Waals surface area contributed by atoms with Crippen LogP contribution in [0.4, 0.5) is 17.3 Å². The molecule has 0 aliphatic carbocycles. The Kier molecular flexibility index (Phi) is 3.00. The minimum Gasteiger partial charge on any atom is -0.381 e. The van der Waals surface area contributed by atoms with Gasteiger partial charge in [0, 0.05) is 18.1 Å². The number of nitrogens with two attached hydrogens (primary N) is 1. The van der Waals surface area contributed by atoms with Crippen molar-refractivity contribution in [1.82, 2.24) is 9.97 Å². The molecule has 1 heterocycles. The van der Waals surface area contributed by atoms with E-state index < -0.39 is 0 Å². The van der Waals surface area contributed by atoms with Crippen molar-refractivity contribution in [3.8, 4) is 0 Å². The molecule has 2 aromatic rings. The molecule has 0 unspecified atom stereocenters. The Morgan fingerprint density at radius 3 is 2.44 bits per heavy atom. The summed E-state index contributed by atoms with van der Waals surface area (Å²) in [5.41, 5.74) is 7.95. The van der Waals surface area contributed by atoms with Gasteiger partial charge in [0.25, 0.3) is 0 Å². The molecule has 0 amide bonds. The Labute approximate surface area is 94.5 Å². The van der Waals surface area contributed by atoms with Crippen molar-refractivity contribution in [3.63, 3.8) is 0 Å². The summed E-state index contributed by atoms with van der Waals surface area (Å²) in [5, 5.41) is 3.12. The van der Waals surface area contributed by atoms with Gasteiger partial charge < -0.3 is 11.1 Å². The summed E-state index contributed by atoms with van der Waals surface area (Å²) in [4.78, 5) is 8.08. The Balaban J connectivity index is 2.18. The number of nitrogens with one attached hydrogen (secondary N) is 1. The quantitative estimate of drug-likeness (QED) is 0.823. The van der Waals surface area contributed by atoms with E-state index in [0.29, 0.717) is 11.6 Å². The van der Waals surface area contributed by atoms with Crippen LogP contribution in [0.5, 0.6) is 0 Å². The first-order valence-electron chi connectivity index (χ1n) is 5.22. The van der Waals surface area contributed by atoms with Crippen LogP contribution >= 0.6 is 0 Å². The Morgan fingerprint density at radius 2 is 1.81 bits per heavy atom. The van der Waals surface area contributed by atoms with E-state index in [0.717, 1.165) is 12.1 Å². The average Bonchev–Trinajstić information content (AvgIpc) is 2.33. The minimum absolute atomic E-state index is 0.405. The fourth-order valence-electron chi connectivity index (χ4n) is 1.41. The first-order valence-corrected chi connectivity index (χ1v) is 5.22. The first kappa shape index (κ1) is 10.4. The number of aromatic nitrogens is 2. The predicted molar refractivity (Wildman–Crippen MR) is 65.5 cm³/mol. The number of hydrogen-bond acceptors (Lipinski definition) is 4. The van der Waals surface area contributed by atoms with Gasteiger partial charge in [0.1, 0.15) is 0 Å². The highest BCUT2D eigenvalue weighted by Gasteiger charge is 2.00. The lowest BCUT2D eigenvalue weighted by molar-refractivity contribution is 1.14. The van der Waals surface area contributed by atoms with Gasteiger partial charge in [-0.3, -0.25) is 0 Å². The van der Waals surface area contributed by atoms with Gasteiger partial charge >= 0.3 is 0 Å². The predicted octanol–water partition coefficient (Wildman–Crippen LogP) is 2.36. The summed E-state index contributed by atoms with van der Waals surface area (Å²) < 4.78 is 0. The second-order valence-corrected chi connectivity index (χ2v) is 3.47. The van der Waals surface area contributed by atoms with Gasteiger partial charge in [-0.1, -0.05) is 19.1 Å². The fourth-order valence-corrected chi connectivity index (χ4v) is 1.41. The molecule has 2 rings (SSSR count).